The number of nitrogens with one attached hydrogen (secondary N) is 1. The third-order valence-electron chi connectivity index (χ3n) is 3.11. The van der Waals surface area contributed by atoms with Gasteiger partial charge in [0, 0.05) is 12.5 Å². The van der Waals surface area contributed by atoms with E-state index in [-0.39, 0.29) is 12.4 Å². The lowest BCUT2D eigenvalue weighted by molar-refractivity contribution is -0.124. The Balaban J connectivity index is 2.56. The molecule has 5 heteroatoms. The number of ether oxygens (including phenoxy) is 1. The zero-order chi connectivity index (χ0) is 13.8. The Morgan fingerprint density at radius 3 is 2.72 bits per heavy atom. The second-order valence-electron chi connectivity index (χ2n) is 4.46. The molecule has 100 valence electrons. The number of amides is 1. The van der Waals surface area contributed by atoms with E-state index in [1.165, 1.54) is 6.07 Å². The van der Waals surface area contributed by atoms with Crippen molar-refractivity contribution in [3.05, 3.63) is 29.6 Å². The Bertz CT molecular complexity index is 437. The van der Waals surface area contributed by atoms with Gasteiger partial charge < -0.3 is 15.8 Å². The summed E-state index contributed by atoms with van der Waals surface area (Å²) in [5.74, 6) is -0.302. The van der Waals surface area contributed by atoms with E-state index in [0.717, 1.165) is 0 Å². The molecule has 1 unspecified atom stereocenters. The molecule has 0 aliphatic rings. The van der Waals surface area contributed by atoms with Crippen molar-refractivity contribution >= 4 is 5.91 Å². The summed E-state index contributed by atoms with van der Waals surface area (Å²) in [6, 6.07) is 4.67. The lowest BCUT2D eigenvalue weighted by atomic mass is 9.98. The first kappa shape index (κ1) is 14.4. The molecule has 4 nitrogen and oxygen atoms in total. The molecule has 1 aromatic carbocycles. The van der Waals surface area contributed by atoms with Gasteiger partial charge >= 0.3 is 0 Å². The molecule has 0 saturated heterocycles. The smallest absolute Gasteiger partial charge is 0.237 e. The van der Waals surface area contributed by atoms with Crippen molar-refractivity contribution in [2.45, 2.75) is 25.8 Å². The van der Waals surface area contributed by atoms with Gasteiger partial charge in [0.25, 0.3) is 0 Å². The average Bonchev–Trinajstić information content (AvgIpc) is 2.33. The molecule has 3 N–H and O–H groups in total. The number of primary amides is 1. The standard InChI is InChI=1S/C13H19FN2O2/c1-9-4-5-10(8-11(9)14)18-7-6-13(2,16-3)12(15)17/h4-5,8,16H,6-7H2,1-3H3,(H2,15,17). The first-order valence-corrected chi connectivity index (χ1v) is 5.77. The van der Waals surface area contributed by atoms with Crippen LogP contribution in [-0.4, -0.2) is 25.1 Å². The fraction of sp³-hybridized carbons (Fsp3) is 0.462. The average molecular weight is 254 g/mol. The molecule has 1 aromatic rings. The van der Waals surface area contributed by atoms with Crippen molar-refractivity contribution in [1.82, 2.24) is 5.32 Å². The molecule has 0 aliphatic heterocycles. The monoisotopic (exact) mass is 254 g/mol. The van der Waals surface area contributed by atoms with Crippen LogP contribution < -0.4 is 15.8 Å². The molecule has 0 spiro atoms. The van der Waals surface area contributed by atoms with Crippen LogP contribution in [0.2, 0.25) is 0 Å². The first-order chi connectivity index (χ1) is 8.39. The predicted molar refractivity (Wildman–Crippen MR) is 67.9 cm³/mol. The van der Waals surface area contributed by atoms with Gasteiger partial charge in [-0.2, -0.15) is 0 Å². The lowest BCUT2D eigenvalue weighted by Gasteiger charge is -2.25. The van der Waals surface area contributed by atoms with Crippen molar-refractivity contribution in [3.8, 4) is 5.75 Å². The maximum atomic E-state index is 13.3. The zero-order valence-corrected chi connectivity index (χ0v) is 10.9. The van der Waals surface area contributed by atoms with Crippen LogP contribution in [0.5, 0.6) is 5.75 Å². The summed E-state index contributed by atoms with van der Waals surface area (Å²) in [6.45, 7) is 3.67. The van der Waals surface area contributed by atoms with Crippen molar-refractivity contribution in [2.75, 3.05) is 13.7 Å². The van der Waals surface area contributed by atoms with Crippen LogP contribution in [0, 0.1) is 12.7 Å². The van der Waals surface area contributed by atoms with Gasteiger partial charge in [-0.3, -0.25) is 4.79 Å². The molecule has 0 fully saturated rings. The Labute approximate surface area is 106 Å². The van der Waals surface area contributed by atoms with Crippen molar-refractivity contribution in [1.29, 1.82) is 0 Å². The van der Waals surface area contributed by atoms with Gasteiger partial charge in [0.2, 0.25) is 5.91 Å². The van der Waals surface area contributed by atoms with Gasteiger partial charge in [-0.25, -0.2) is 4.39 Å². The van der Waals surface area contributed by atoms with E-state index in [1.54, 1.807) is 33.0 Å². The molecule has 1 amide bonds. The molecule has 0 heterocycles. The fourth-order valence-corrected chi connectivity index (χ4v) is 1.41. The minimum absolute atomic E-state index is 0.281. The summed E-state index contributed by atoms with van der Waals surface area (Å²) in [7, 11) is 1.66. The minimum atomic E-state index is -0.816. The summed E-state index contributed by atoms with van der Waals surface area (Å²) in [5, 5.41) is 2.86. The van der Waals surface area contributed by atoms with Crippen LogP contribution in [0.4, 0.5) is 4.39 Å². The molecule has 0 radical (unpaired) electrons. The quantitative estimate of drug-likeness (QED) is 0.805. The van der Waals surface area contributed by atoms with Gasteiger partial charge in [0.05, 0.1) is 12.1 Å². The Morgan fingerprint density at radius 1 is 1.56 bits per heavy atom. The van der Waals surface area contributed by atoms with E-state index in [2.05, 4.69) is 5.32 Å². The number of carbonyl (C=O) groups excluding carboxylic acids is 1. The van der Waals surface area contributed by atoms with Gasteiger partial charge in [-0.1, -0.05) is 6.07 Å². The number of aryl methyl sites for hydroxylation is 1. The predicted octanol–water partition coefficient (Wildman–Crippen LogP) is 1.37. The number of nitrogens with two attached hydrogens (primary N) is 1. The number of benzene rings is 1. The normalized spacial score (nSPS) is 14.0. The third kappa shape index (κ3) is 3.43. The lowest BCUT2D eigenvalue weighted by Crippen LogP contribution is -2.52. The Hall–Kier alpha value is -1.62. The number of carbonyl (C=O) groups is 1. The highest BCUT2D eigenvalue weighted by atomic mass is 19.1. The molecule has 18 heavy (non-hydrogen) atoms. The Kier molecular flexibility index (Phi) is 4.67. The largest absolute Gasteiger partial charge is 0.493 e. The summed E-state index contributed by atoms with van der Waals surface area (Å²) in [5.41, 5.74) is 5.04. The van der Waals surface area contributed by atoms with E-state index >= 15 is 0 Å². The highest BCUT2D eigenvalue weighted by Gasteiger charge is 2.28. The third-order valence-corrected chi connectivity index (χ3v) is 3.11. The number of halogens is 1. The summed E-state index contributed by atoms with van der Waals surface area (Å²) < 4.78 is 18.7. The van der Waals surface area contributed by atoms with E-state index < -0.39 is 11.4 Å². The van der Waals surface area contributed by atoms with Gasteiger partial charge in [0.1, 0.15) is 11.6 Å². The van der Waals surface area contributed by atoms with Crippen LogP contribution in [0.3, 0.4) is 0 Å². The minimum Gasteiger partial charge on any atom is -0.493 e. The highest BCUT2D eigenvalue weighted by molar-refractivity contribution is 5.84. The number of rotatable bonds is 6. The summed E-state index contributed by atoms with van der Waals surface area (Å²) >= 11 is 0. The molecular weight excluding hydrogens is 235 g/mol. The number of likely N-dealkylation sites (N-methyl/N-ethyl adjacent to an activating group) is 1. The molecule has 0 bridgehead atoms. The molecule has 1 atom stereocenters. The molecule has 1 rings (SSSR count). The van der Waals surface area contributed by atoms with Gasteiger partial charge in [-0.15, -0.1) is 0 Å². The maximum absolute atomic E-state index is 13.3. The van der Waals surface area contributed by atoms with Crippen LogP contribution in [-0.2, 0) is 4.79 Å². The maximum Gasteiger partial charge on any atom is 0.237 e. The highest BCUT2D eigenvalue weighted by Crippen LogP contribution is 2.17. The number of hydrogen-bond acceptors (Lipinski definition) is 3. The topological polar surface area (TPSA) is 64.3 Å². The van der Waals surface area contributed by atoms with Gasteiger partial charge in [-0.05, 0) is 32.5 Å². The number of hydrogen-bond donors (Lipinski definition) is 2. The first-order valence-electron chi connectivity index (χ1n) is 5.77. The summed E-state index contributed by atoms with van der Waals surface area (Å²) in [6.07, 6.45) is 0.411. The Morgan fingerprint density at radius 2 is 2.22 bits per heavy atom. The molecule has 0 aromatic heterocycles. The molecule has 0 saturated carbocycles. The van der Waals surface area contributed by atoms with Crippen LogP contribution in [0.1, 0.15) is 18.9 Å². The second kappa shape index (κ2) is 5.82. The van der Waals surface area contributed by atoms with Crippen molar-refractivity contribution in [3.63, 3.8) is 0 Å². The molecular formula is C13H19FN2O2. The zero-order valence-electron chi connectivity index (χ0n) is 10.9. The second-order valence-corrected chi connectivity index (χ2v) is 4.46. The van der Waals surface area contributed by atoms with E-state index in [4.69, 9.17) is 10.5 Å². The van der Waals surface area contributed by atoms with E-state index in [9.17, 15) is 9.18 Å². The van der Waals surface area contributed by atoms with Crippen molar-refractivity contribution in [2.24, 2.45) is 5.73 Å². The van der Waals surface area contributed by atoms with E-state index in [0.29, 0.717) is 17.7 Å². The van der Waals surface area contributed by atoms with Crippen LogP contribution >= 0.6 is 0 Å². The van der Waals surface area contributed by atoms with Crippen LogP contribution in [0.15, 0.2) is 18.2 Å². The van der Waals surface area contributed by atoms with Crippen LogP contribution in [0.25, 0.3) is 0 Å². The van der Waals surface area contributed by atoms with Crippen molar-refractivity contribution < 1.29 is 13.9 Å². The van der Waals surface area contributed by atoms with E-state index in [1.807, 2.05) is 0 Å². The summed E-state index contributed by atoms with van der Waals surface area (Å²) in [4.78, 5) is 11.2. The van der Waals surface area contributed by atoms with Gasteiger partial charge in [0.15, 0.2) is 0 Å². The fourth-order valence-electron chi connectivity index (χ4n) is 1.41. The SMILES string of the molecule is CNC(C)(CCOc1ccc(C)c(F)c1)C(N)=O. The molecule has 0 aliphatic carbocycles.